The lowest BCUT2D eigenvalue weighted by Gasteiger charge is -2.38. The van der Waals surface area contributed by atoms with Crippen LogP contribution in [0.1, 0.15) is 33.6 Å². The van der Waals surface area contributed by atoms with Gasteiger partial charge in [-0.25, -0.2) is 13.2 Å². The first-order valence-electron chi connectivity index (χ1n) is 10.2. The molecule has 1 N–H and O–H groups in total. The number of sulfone groups is 1. The summed E-state index contributed by atoms with van der Waals surface area (Å²) in [6.45, 7) is 5.19. The number of benzene rings is 2. The van der Waals surface area contributed by atoms with E-state index < -0.39 is 32.2 Å². The minimum Gasteiger partial charge on any atom is -0.480 e. The zero-order chi connectivity index (χ0) is 23.6. The maximum atomic E-state index is 13.4. The van der Waals surface area contributed by atoms with Crippen molar-refractivity contribution in [2.75, 3.05) is 13.1 Å². The maximum Gasteiger partial charge on any atom is 0.410 e. The van der Waals surface area contributed by atoms with Gasteiger partial charge in [0.15, 0.2) is 14.6 Å². The third-order valence-electron chi connectivity index (χ3n) is 5.24. The summed E-state index contributed by atoms with van der Waals surface area (Å²) >= 11 is 1.49. The molecule has 1 heterocycles. The quantitative estimate of drug-likeness (QED) is 0.678. The van der Waals surface area contributed by atoms with Crippen LogP contribution in [0.3, 0.4) is 0 Å². The number of hydrogen-bond acceptors (Lipinski definition) is 6. The number of amides is 1. The van der Waals surface area contributed by atoms with Crippen LogP contribution in [0.15, 0.2) is 69.3 Å². The molecule has 0 aromatic heterocycles. The number of carboxylic acids is 1. The van der Waals surface area contributed by atoms with E-state index in [0.29, 0.717) is 0 Å². The van der Waals surface area contributed by atoms with Crippen LogP contribution < -0.4 is 0 Å². The molecule has 9 heteroatoms. The molecule has 0 bridgehead atoms. The summed E-state index contributed by atoms with van der Waals surface area (Å²) in [5.41, 5.74) is -0.690. The molecule has 0 spiro atoms. The van der Waals surface area contributed by atoms with E-state index >= 15 is 0 Å². The molecular formula is C23H27NO6S2. The van der Waals surface area contributed by atoms with Gasteiger partial charge in [0.2, 0.25) is 0 Å². The molecule has 2 aromatic carbocycles. The van der Waals surface area contributed by atoms with Crippen LogP contribution in [-0.4, -0.2) is 53.9 Å². The van der Waals surface area contributed by atoms with Crippen LogP contribution >= 0.6 is 11.8 Å². The summed E-state index contributed by atoms with van der Waals surface area (Å²) < 4.78 is 30.1. The van der Waals surface area contributed by atoms with Crippen molar-refractivity contribution in [1.29, 1.82) is 0 Å². The summed E-state index contributed by atoms with van der Waals surface area (Å²) in [4.78, 5) is 27.7. The number of carbonyl (C=O) groups is 2. The van der Waals surface area contributed by atoms with Crippen molar-refractivity contribution < 1.29 is 27.9 Å². The fourth-order valence-corrected chi connectivity index (χ4v) is 6.24. The van der Waals surface area contributed by atoms with E-state index in [4.69, 9.17) is 4.74 Å². The van der Waals surface area contributed by atoms with Crippen molar-refractivity contribution >= 4 is 33.7 Å². The zero-order valence-electron chi connectivity index (χ0n) is 18.3. The second-order valence-electron chi connectivity index (χ2n) is 8.66. The van der Waals surface area contributed by atoms with Gasteiger partial charge >= 0.3 is 12.1 Å². The Morgan fingerprint density at radius 3 is 2.00 bits per heavy atom. The summed E-state index contributed by atoms with van der Waals surface area (Å²) in [7, 11) is -4.18. The maximum absolute atomic E-state index is 13.4. The van der Waals surface area contributed by atoms with Crippen LogP contribution in [0, 0.1) is 0 Å². The molecule has 0 saturated carbocycles. The van der Waals surface area contributed by atoms with Crippen LogP contribution in [-0.2, 0) is 19.4 Å². The molecule has 32 heavy (non-hydrogen) atoms. The van der Waals surface area contributed by atoms with Crippen molar-refractivity contribution in [3.05, 3.63) is 54.6 Å². The molecule has 0 radical (unpaired) electrons. The minimum absolute atomic E-state index is 0.0115. The van der Waals surface area contributed by atoms with E-state index in [0.717, 1.165) is 9.79 Å². The van der Waals surface area contributed by atoms with Crippen LogP contribution in [0.25, 0.3) is 0 Å². The van der Waals surface area contributed by atoms with Gasteiger partial charge in [-0.15, -0.1) is 0 Å². The highest BCUT2D eigenvalue weighted by Crippen LogP contribution is 2.37. The van der Waals surface area contributed by atoms with Gasteiger partial charge in [0.25, 0.3) is 0 Å². The van der Waals surface area contributed by atoms with Gasteiger partial charge < -0.3 is 14.7 Å². The first kappa shape index (κ1) is 24.1. The normalized spacial score (nSPS) is 16.4. The van der Waals surface area contributed by atoms with Gasteiger partial charge in [-0.1, -0.05) is 30.0 Å². The summed E-state index contributed by atoms with van der Waals surface area (Å²) in [5, 5.41) is 9.93. The summed E-state index contributed by atoms with van der Waals surface area (Å²) in [6, 6.07) is 15.9. The zero-order valence-corrected chi connectivity index (χ0v) is 19.9. The summed E-state index contributed by atoms with van der Waals surface area (Å²) in [5.74, 6) is -1.40. The van der Waals surface area contributed by atoms with Gasteiger partial charge in [0, 0.05) is 22.9 Å². The van der Waals surface area contributed by atoms with E-state index in [2.05, 4.69) is 0 Å². The number of piperidine rings is 1. The minimum atomic E-state index is -4.18. The molecule has 1 aliphatic heterocycles. The Morgan fingerprint density at radius 2 is 1.50 bits per heavy atom. The molecule has 1 aliphatic rings. The lowest BCUT2D eigenvalue weighted by Crippen LogP contribution is -2.55. The number of rotatable bonds is 5. The van der Waals surface area contributed by atoms with Gasteiger partial charge in [-0.3, -0.25) is 4.79 Å². The van der Waals surface area contributed by atoms with Gasteiger partial charge in [0.1, 0.15) is 5.60 Å². The second-order valence-corrected chi connectivity index (χ2v) is 12.1. The number of likely N-dealkylation sites (tertiary alicyclic amines) is 1. The number of carbonyl (C=O) groups excluding carboxylic acids is 1. The Kier molecular flexibility index (Phi) is 6.90. The predicted molar refractivity (Wildman–Crippen MR) is 122 cm³/mol. The first-order chi connectivity index (χ1) is 14.9. The van der Waals surface area contributed by atoms with Gasteiger partial charge in [-0.2, -0.15) is 0 Å². The molecule has 0 unspecified atom stereocenters. The first-order valence-corrected chi connectivity index (χ1v) is 12.5. The third kappa shape index (κ3) is 5.10. The molecule has 7 nitrogen and oxygen atoms in total. The van der Waals surface area contributed by atoms with E-state index in [1.807, 2.05) is 30.3 Å². The topological polar surface area (TPSA) is 101 Å². The van der Waals surface area contributed by atoms with E-state index in [-0.39, 0.29) is 30.8 Å². The average molecular weight is 478 g/mol. The molecule has 1 fully saturated rings. The number of ether oxygens (including phenoxy) is 1. The number of aliphatic carboxylic acids is 1. The monoisotopic (exact) mass is 477 g/mol. The van der Waals surface area contributed by atoms with Crippen molar-refractivity contribution in [2.24, 2.45) is 0 Å². The molecule has 2 aromatic rings. The molecular weight excluding hydrogens is 450 g/mol. The van der Waals surface area contributed by atoms with E-state index in [1.54, 1.807) is 32.9 Å². The molecule has 172 valence electrons. The Labute approximate surface area is 192 Å². The SMILES string of the molecule is CC(C)(C)OC(=O)N1CCC(C(=O)O)(S(=O)(=O)c2ccc(Sc3ccccc3)cc2)CC1. The Morgan fingerprint density at radius 1 is 0.969 bits per heavy atom. The van der Waals surface area contributed by atoms with E-state index in [1.165, 1.54) is 28.8 Å². The second kappa shape index (κ2) is 9.15. The van der Waals surface area contributed by atoms with E-state index in [9.17, 15) is 23.1 Å². The Hall–Kier alpha value is -2.52. The molecule has 1 saturated heterocycles. The van der Waals surface area contributed by atoms with Gasteiger partial charge in [0.05, 0.1) is 4.90 Å². The molecule has 1 amide bonds. The highest BCUT2D eigenvalue weighted by molar-refractivity contribution is 7.99. The lowest BCUT2D eigenvalue weighted by atomic mass is 9.96. The van der Waals surface area contributed by atoms with Crippen LogP contribution in [0.4, 0.5) is 4.79 Å². The highest BCUT2D eigenvalue weighted by atomic mass is 32.2. The highest BCUT2D eigenvalue weighted by Gasteiger charge is 2.54. The molecule has 0 aliphatic carbocycles. The average Bonchev–Trinajstić information content (AvgIpc) is 2.73. The fraction of sp³-hybridized carbons (Fsp3) is 0.391. The molecule has 3 rings (SSSR count). The lowest BCUT2D eigenvalue weighted by molar-refractivity contribution is -0.141. The van der Waals surface area contributed by atoms with Crippen LogP contribution in [0.5, 0.6) is 0 Å². The van der Waals surface area contributed by atoms with Crippen LogP contribution in [0.2, 0.25) is 0 Å². The van der Waals surface area contributed by atoms with Crippen molar-refractivity contribution in [3.8, 4) is 0 Å². The van der Waals surface area contributed by atoms with Crippen molar-refractivity contribution in [3.63, 3.8) is 0 Å². The Balaban J connectivity index is 1.79. The predicted octanol–water partition coefficient (Wildman–Crippen LogP) is 4.47. The third-order valence-corrected chi connectivity index (χ3v) is 8.76. The standard InChI is InChI=1S/C23H27NO6S2/c1-22(2,3)30-21(27)24-15-13-23(14-16-24,20(25)26)32(28,29)19-11-9-18(10-12-19)31-17-7-5-4-6-8-17/h4-12H,13-16H2,1-3H3,(H,25,26). The number of nitrogens with zero attached hydrogens (tertiary/aromatic N) is 1. The smallest absolute Gasteiger partial charge is 0.410 e. The van der Waals surface area contributed by atoms with Gasteiger partial charge in [-0.05, 0) is 70.0 Å². The molecule has 0 atom stereocenters. The summed E-state index contributed by atoms with van der Waals surface area (Å²) in [6.07, 6.45) is -0.981. The number of hydrogen-bond donors (Lipinski definition) is 1. The Bertz CT molecular complexity index is 1070. The van der Waals surface area contributed by atoms with Crippen molar-refractivity contribution in [2.45, 2.75) is 58.6 Å². The fourth-order valence-electron chi connectivity index (χ4n) is 3.51. The largest absolute Gasteiger partial charge is 0.480 e. The number of carboxylic acid groups (broad SMARTS) is 1. The van der Waals surface area contributed by atoms with Crippen molar-refractivity contribution in [1.82, 2.24) is 4.90 Å².